The molecule has 1 unspecified atom stereocenters. The third-order valence-electron chi connectivity index (χ3n) is 8.50. The van der Waals surface area contributed by atoms with E-state index in [2.05, 4.69) is 40.2 Å². The predicted octanol–water partition coefficient (Wildman–Crippen LogP) is 7.84. The number of rotatable bonds is 13. The highest BCUT2D eigenvalue weighted by molar-refractivity contribution is 5.89. The van der Waals surface area contributed by atoms with Gasteiger partial charge < -0.3 is 25.3 Å². The first-order chi connectivity index (χ1) is 21.0. The molecule has 11 heteroatoms. The number of ether oxygens (including phenoxy) is 1. The van der Waals surface area contributed by atoms with Crippen molar-refractivity contribution in [3.8, 4) is 0 Å². The Morgan fingerprint density at radius 3 is 2.11 bits per heavy atom. The maximum absolute atomic E-state index is 13.5. The third-order valence-corrected chi connectivity index (χ3v) is 8.50. The maximum Gasteiger partial charge on any atom is 0.402 e. The van der Waals surface area contributed by atoms with Crippen molar-refractivity contribution in [1.29, 1.82) is 0 Å². The Hall–Kier alpha value is -3.28. The SMILES string of the molecule is COCC(Nc1cc(CNC2CC2)c2ccccc2c1)c1ccc2c(c1)c(CNC1CC1)cn2CC(C(F)(F)F)C(F)(F)F. The summed E-state index contributed by atoms with van der Waals surface area (Å²) in [6.45, 7) is 0.156. The Labute approximate surface area is 251 Å². The van der Waals surface area contributed by atoms with Crippen molar-refractivity contribution >= 4 is 27.4 Å². The second-order valence-corrected chi connectivity index (χ2v) is 12.0. The van der Waals surface area contributed by atoms with E-state index in [1.807, 2.05) is 18.2 Å². The van der Waals surface area contributed by atoms with Crippen molar-refractivity contribution in [3.05, 3.63) is 77.5 Å². The first-order valence-electron chi connectivity index (χ1n) is 15.0. The third kappa shape index (κ3) is 7.16. The molecule has 236 valence electrons. The zero-order chi connectivity index (χ0) is 31.1. The maximum atomic E-state index is 13.5. The van der Waals surface area contributed by atoms with Crippen LogP contribution in [0.3, 0.4) is 0 Å². The Bertz CT molecular complexity index is 1590. The van der Waals surface area contributed by atoms with Crippen LogP contribution >= 0.6 is 0 Å². The van der Waals surface area contributed by atoms with Gasteiger partial charge in [-0.1, -0.05) is 30.3 Å². The molecule has 0 saturated heterocycles. The molecule has 5 nitrogen and oxygen atoms in total. The zero-order valence-corrected chi connectivity index (χ0v) is 24.4. The lowest BCUT2D eigenvalue weighted by Gasteiger charge is -2.24. The van der Waals surface area contributed by atoms with Gasteiger partial charge in [0, 0.05) is 61.6 Å². The van der Waals surface area contributed by atoms with Crippen LogP contribution in [0.4, 0.5) is 32.0 Å². The van der Waals surface area contributed by atoms with Crippen LogP contribution in [-0.4, -0.2) is 42.7 Å². The van der Waals surface area contributed by atoms with E-state index in [4.69, 9.17) is 4.74 Å². The molecule has 1 aromatic heterocycles. The fourth-order valence-electron chi connectivity index (χ4n) is 5.78. The van der Waals surface area contributed by atoms with Crippen LogP contribution in [0.2, 0.25) is 0 Å². The molecule has 0 radical (unpaired) electrons. The molecule has 2 aliphatic rings. The zero-order valence-electron chi connectivity index (χ0n) is 24.4. The molecule has 4 aromatic rings. The van der Waals surface area contributed by atoms with E-state index in [1.54, 1.807) is 19.2 Å². The summed E-state index contributed by atoms with van der Waals surface area (Å²) in [6, 6.07) is 18.2. The van der Waals surface area contributed by atoms with Crippen LogP contribution in [0.5, 0.6) is 0 Å². The van der Waals surface area contributed by atoms with Crippen molar-refractivity contribution in [1.82, 2.24) is 15.2 Å². The monoisotopic (exact) mass is 618 g/mol. The molecule has 3 aromatic carbocycles. The molecule has 2 saturated carbocycles. The summed E-state index contributed by atoms with van der Waals surface area (Å²) in [4.78, 5) is 0. The van der Waals surface area contributed by atoms with E-state index in [0.29, 0.717) is 41.7 Å². The lowest BCUT2D eigenvalue weighted by molar-refractivity contribution is -0.287. The van der Waals surface area contributed by atoms with Crippen LogP contribution in [0, 0.1) is 5.92 Å². The van der Waals surface area contributed by atoms with E-state index in [1.165, 1.54) is 30.0 Å². The predicted molar refractivity (Wildman–Crippen MR) is 159 cm³/mol. The molecule has 44 heavy (non-hydrogen) atoms. The number of benzene rings is 3. The van der Waals surface area contributed by atoms with Gasteiger partial charge in [-0.15, -0.1) is 0 Å². The number of anilines is 1. The highest BCUT2D eigenvalue weighted by atomic mass is 19.4. The highest BCUT2D eigenvalue weighted by Crippen LogP contribution is 2.41. The summed E-state index contributed by atoms with van der Waals surface area (Å²) in [7, 11) is 1.59. The summed E-state index contributed by atoms with van der Waals surface area (Å²) in [5.41, 5.74) is 3.87. The van der Waals surface area contributed by atoms with Gasteiger partial charge in [0.2, 0.25) is 0 Å². The van der Waals surface area contributed by atoms with Gasteiger partial charge in [0.05, 0.1) is 12.6 Å². The van der Waals surface area contributed by atoms with E-state index < -0.39 is 24.8 Å². The quantitative estimate of drug-likeness (QED) is 0.134. The summed E-state index contributed by atoms with van der Waals surface area (Å²) >= 11 is 0. The Morgan fingerprint density at radius 2 is 1.48 bits per heavy atom. The fourth-order valence-corrected chi connectivity index (χ4v) is 5.78. The van der Waals surface area contributed by atoms with Crippen LogP contribution in [0.15, 0.2) is 60.8 Å². The van der Waals surface area contributed by atoms with Gasteiger partial charge in [0.25, 0.3) is 0 Å². The first-order valence-corrected chi connectivity index (χ1v) is 15.0. The molecule has 0 bridgehead atoms. The summed E-state index contributed by atoms with van der Waals surface area (Å²) < 4.78 is 87.5. The minimum atomic E-state index is -5.42. The Morgan fingerprint density at radius 1 is 0.818 bits per heavy atom. The molecule has 3 N–H and O–H groups in total. The minimum Gasteiger partial charge on any atom is -0.382 e. The average molecular weight is 619 g/mol. The van der Waals surface area contributed by atoms with Gasteiger partial charge in [-0.3, -0.25) is 0 Å². The van der Waals surface area contributed by atoms with Crippen molar-refractivity contribution in [2.24, 2.45) is 5.92 Å². The van der Waals surface area contributed by atoms with Crippen molar-refractivity contribution in [2.45, 2.75) is 75.8 Å². The number of hydrogen-bond acceptors (Lipinski definition) is 4. The molecule has 1 heterocycles. The molecule has 0 amide bonds. The molecular formula is C33H36F6N4O. The second-order valence-electron chi connectivity index (χ2n) is 12.0. The highest BCUT2D eigenvalue weighted by Gasteiger charge is 2.56. The Kier molecular flexibility index (Phi) is 8.56. The van der Waals surface area contributed by atoms with Gasteiger partial charge in [0.15, 0.2) is 5.92 Å². The number of hydrogen-bond donors (Lipinski definition) is 3. The molecule has 2 aliphatic carbocycles. The van der Waals surface area contributed by atoms with E-state index >= 15 is 0 Å². The normalized spacial score (nSPS) is 16.7. The van der Waals surface area contributed by atoms with Crippen LogP contribution < -0.4 is 16.0 Å². The first kappa shape index (κ1) is 30.7. The second kappa shape index (κ2) is 12.3. The van der Waals surface area contributed by atoms with Crippen LogP contribution in [0.25, 0.3) is 21.7 Å². The summed E-state index contributed by atoms with van der Waals surface area (Å²) in [5, 5.41) is 13.4. The molecule has 0 aliphatic heterocycles. The molecule has 6 rings (SSSR count). The standard InChI is InChI=1S/C33H36F6N4O/c1-44-19-29(42-26-12-20-4-2-3-5-27(20)22(13-26)15-40-24-7-8-24)21-6-11-30-28(14-21)23(16-41-25-9-10-25)17-43(30)18-31(32(34,35)36)33(37,38)39/h2-6,11-14,17,24-25,29,31,40-42H,7-10,15-16,18-19H2,1H3. The minimum absolute atomic E-state index is 0.300. The number of halogens is 6. The number of nitrogens with zero attached hydrogens (tertiary/aromatic N) is 1. The fraction of sp³-hybridized carbons (Fsp3) is 0.455. The number of methoxy groups -OCH3 is 1. The largest absolute Gasteiger partial charge is 0.402 e. The van der Waals surface area contributed by atoms with Gasteiger partial charge in [-0.25, -0.2) is 0 Å². The van der Waals surface area contributed by atoms with Crippen molar-refractivity contribution < 1.29 is 31.1 Å². The van der Waals surface area contributed by atoms with Crippen molar-refractivity contribution in [2.75, 3.05) is 19.0 Å². The van der Waals surface area contributed by atoms with Crippen molar-refractivity contribution in [3.63, 3.8) is 0 Å². The van der Waals surface area contributed by atoms with Crippen LogP contribution in [-0.2, 0) is 24.4 Å². The van der Waals surface area contributed by atoms with Gasteiger partial charge >= 0.3 is 12.4 Å². The number of aromatic nitrogens is 1. The summed E-state index contributed by atoms with van der Waals surface area (Å²) in [5.74, 6) is -3.46. The lowest BCUT2D eigenvalue weighted by atomic mass is 10.0. The van der Waals surface area contributed by atoms with E-state index in [-0.39, 0.29) is 6.04 Å². The van der Waals surface area contributed by atoms with Gasteiger partial charge in [0.1, 0.15) is 0 Å². The van der Waals surface area contributed by atoms with Gasteiger partial charge in [-0.05, 0) is 77.4 Å². The number of alkyl halides is 6. The molecule has 1 atom stereocenters. The van der Waals surface area contributed by atoms with Crippen LogP contribution in [0.1, 0.15) is 48.4 Å². The topological polar surface area (TPSA) is 50.2 Å². The number of fused-ring (bicyclic) bond motifs is 2. The van der Waals surface area contributed by atoms with E-state index in [0.717, 1.165) is 40.6 Å². The number of nitrogens with one attached hydrogen (secondary N) is 3. The van der Waals surface area contributed by atoms with Gasteiger partial charge in [-0.2, -0.15) is 26.3 Å². The average Bonchev–Trinajstić information content (AvgIpc) is 3.91. The smallest absolute Gasteiger partial charge is 0.382 e. The molecule has 2 fully saturated rings. The Balaban J connectivity index is 1.33. The van der Waals surface area contributed by atoms with E-state index in [9.17, 15) is 26.3 Å². The molecular weight excluding hydrogens is 582 g/mol. The molecule has 0 spiro atoms. The lowest BCUT2D eigenvalue weighted by Crippen LogP contribution is -2.39. The summed E-state index contributed by atoms with van der Waals surface area (Å²) in [6.07, 6.45) is -5.04.